The predicted molar refractivity (Wildman–Crippen MR) is 59.7 cm³/mol. The lowest BCUT2D eigenvalue weighted by atomic mass is 10.1. The third-order valence-electron chi connectivity index (χ3n) is 2.17. The molecule has 1 aromatic rings. The molecule has 0 amide bonds. The van der Waals surface area contributed by atoms with Crippen LogP contribution in [-0.2, 0) is 6.42 Å². The van der Waals surface area contributed by atoms with E-state index in [-0.39, 0.29) is 6.04 Å². The zero-order chi connectivity index (χ0) is 10.6. The van der Waals surface area contributed by atoms with Gasteiger partial charge in [-0.1, -0.05) is 19.1 Å². The van der Waals surface area contributed by atoms with Gasteiger partial charge in [-0.15, -0.1) is 0 Å². The number of hydrogen-bond acceptors (Lipinski definition) is 1. The van der Waals surface area contributed by atoms with Gasteiger partial charge in [-0.25, -0.2) is 4.74 Å². The summed E-state index contributed by atoms with van der Waals surface area (Å²) in [6.07, 6.45) is 2.66. The number of hydrogen-bond donors (Lipinski definition) is 0. The summed E-state index contributed by atoms with van der Waals surface area (Å²) in [7, 11) is 0. The van der Waals surface area contributed by atoms with Gasteiger partial charge in [-0.2, -0.15) is 0 Å². The largest absolute Gasteiger partial charge is 0.624 e. The van der Waals surface area contributed by atoms with E-state index in [2.05, 4.69) is 19.1 Å². The first-order valence-electron chi connectivity index (χ1n) is 5.02. The van der Waals surface area contributed by atoms with Crippen molar-refractivity contribution in [1.29, 1.82) is 0 Å². The van der Waals surface area contributed by atoms with Crippen LogP contribution in [0.4, 0.5) is 0 Å². The monoisotopic (exact) mass is 191 g/mol. The zero-order valence-corrected chi connectivity index (χ0v) is 9.03. The van der Waals surface area contributed by atoms with E-state index in [1.807, 2.05) is 26.0 Å². The van der Waals surface area contributed by atoms with Crippen molar-refractivity contribution in [1.82, 2.24) is 0 Å². The third-order valence-corrected chi connectivity index (χ3v) is 2.17. The molecular formula is C12H17NO. The highest BCUT2D eigenvalue weighted by Crippen LogP contribution is 2.03. The molecule has 0 unspecified atom stereocenters. The molecule has 0 aliphatic rings. The Bertz CT molecular complexity index is 312. The summed E-state index contributed by atoms with van der Waals surface area (Å²) in [4.78, 5) is 0. The average Bonchev–Trinajstić information content (AvgIpc) is 2.19. The first-order valence-corrected chi connectivity index (χ1v) is 5.02. The molecule has 0 aromatic heterocycles. The van der Waals surface area contributed by atoms with Crippen LogP contribution in [-0.4, -0.2) is 17.0 Å². The van der Waals surface area contributed by atoms with Crippen LogP contribution in [0.1, 0.15) is 31.9 Å². The number of rotatable bonds is 3. The fourth-order valence-corrected chi connectivity index (χ4v) is 1.14. The summed E-state index contributed by atoms with van der Waals surface area (Å²) in [5, 5.41) is 11.3. The lowest BCUT2D eigenvalue weighted by Crippen LogP contribution is -2.14. The van der Waals surface area contributed by atoms with Crippen LogP contribution in [0.3, 0.4) is 0 Å². The molecule has 0 fully saturated rings. The summed E-state index contributed by atoms with van der Waals surface area (Å²) in [5.41, 5.74) is 2.26. The van der Waals surface area contributed by atoms with Gasteiger partial charge in [0.2, 0.25) is 0 Å². The van der Waals surface area contributed by atoms with Gasteiger partial charge < -0.3 is 5.21 Å². The lowest BCUT2D eigenvalue weighted by Gasteiger charge is -2.06. The van der Waals surface area contributed by atoms with Crippen LogP contribution in [0.25, 0.3) is 0 Å². The van der Waals surface area contributed by atoms with E-state index in [0.717, 1.165) is 16.7 Å². The van der Waals surface area contributed by atoms with Crippen molar-refractivity contribution in [2.45, 2.75) is 33.2 Å². The first-order chi connectivity index (χ1) is 6.63. The molecule has 2 nitrogen and oxygen atoms in total. The second-order valence-electron chi connectivity index (χ2n) is 3.68. The molecule has 0 saturated carbocycles. The Labute approximate surface area is 85.5 Å². The van der Waals surface area contributed by atoms with E-state index in [9.17, 15) is 5.21 Å². The minimum atomic E-state index is 0.000789. The van der Waals surface area contributed by atoms with Gasteiger partial charge in [-0.3, -0.25) is 0 Å². The van der Waals surface area contributed by atoms with Crippen LogP contribution in [0.2, 0.25) is 0 Å². The van der Waals surface area contributed by atoms with Gasteiger partial charge in [0.25, 0.3) is 0 Å². The highest BCUT2D eigenvalue weighted by molar-refractivity contribution is 5.75. The Morgan fingerprint density at radius 2 is 1.86 bits per heavy atom. The molecular weight excluding hydrogens is 174 g/mol. The second kappa shape index (κ2) is 4.80. The van der Waals surface area contributed by atoms with Gasteiger partial charge >= 0.3 is 0 Å². The summed E-state index contributed by atoms with van der Waals surface area (Å²) in [5.74, 6) is 0. The molecule has 1 aromatic carbocycles. The second-order valence-corrected chi connectivity index (χ2v) is 3.68. The molecule has 14 heavy (non-hydrogen) atoms. The van der Waals surface area contributed by atoms with Crippen molar-refractivity contribution in [3.8, 4) is 0 Å². The van der Waals surface area contributed by atoms with E-state index >= 15 is 0 Å². The van der Waals surface area contributed by atoms with E-state index in [0.29, 0.717) is 0 Å². The van der Waals surface area contributed by atoms with Gasteiger partial charge in [0.05, 0.1) is 0 Å². The smallest absolute Gasteiger partial charge is 0.182 e. The Kier molecular flexibility index (Phi) is 3.69. The lowest BCUT2D eigenvalue weighted by molar-refractivity contribution is -0.487. The van der Waals surface area contributed by atoms with Crippen LogP contribution >= 0.6 is 0 Å². The highest BCUT2D eigenvalue weighted by atomic mass is 16.5. The molecule has 0 radical (unpaired) electrons. The fraction of sp³-hybridized carbons (Fsp3) is 0.417. The maximum absolute atomic E-state index is 11.3. The Morgan fingerprint density at radius 3 is 2.29 bits per heavy atom. The van der Waals surface area contributed by atoms with E-state index in [1.165, 1.54) is 5.56 Å². The number of aryl methyl sites for hydroxylation is 1. The molecule has 76 valence electrons. The first kappa shape index (κ1) is 10.8. The Morgan fingerprint density at radius 1 is 1.29 bits per heavy atom. The van der Waals surface area contributed by atoms with Crippen molar-refractivity contribution < 1.29 is 4.74 Å². The molecule has 2 heteroatoms. The molecule has 0 N–H and O–H groups in total. The SMILES string of the molecule is CCc1ccc(/C=[N+](/[O-])C(C)C)cc1. The highest BCUT2D eigenvalue weighted by Gasteiger charge is 2.00. The standard InChI is InChI=1S/C12H17NO/c1-4-11-5-7-12(8-6-11)9-13(14)10(2)3/h5-10H,4H2,1-3H3/b13-9+. The van der Waals surface area contributed by atoms with E-state index < -0.39 is 0 Å². The molecule has 1 rings (SSSR count). The van der Waals surface area contributed by atoms with Gasteiger partial charge in [-0.05, 0) is 38.0 Å². The van der Waals surface area contributed by atoms with Crippen LogP contribution in [0, 0.1) is 5.21 Å². The van der Waals surface area contributed by atoms with Crippen LogP contribution in [0.15, 0.2) is 24.3 Å². The van der Waals surface area contributed by atoms with E-state index in [4.69, 9.17) is 0 Å². The molecule has 0 aliphatic heterocycles. The quantitative estimate of drug-likeness (QED) is 0.312. The Hall–Kier alpha value is -1.31. The minimum Gasteiger partial charge on any atom is -0.624 e. The van der Waals surface area contributed by atoms with Crippen LogP contribution in [0.5, 0.6) is 0 Å². The fourth-order valence-electron chi connectivity index (χ4n) is 1.14. The van der Waals surface area contributed by atoms with Gasteiger partial charge in [0.1, 0.15) is 0 Å². The summed E-state index contributed by atoms with van der Waals surface area (Å²) < 4.78 is 0.973. The molecule has 0 heterocycles. The molecule has 0 spiro atoms. The number of benzene rings is 1. The van der Waals surface area contributed by atoms with Crippen molar-refractivity contribution in [2.75, 3.05) is 0 Å². The topological polar surface area (TPSA) is 26.1 Å². The maximum Gasteiger partial charge on any atom is 0.182 e. The molecule has 0 saturated heterocycles. The summed E-state index contributed by atoms with van der Waals surface area (Å²) >= 11 is 0. The third kappa shape index (κ3) is 2.87. The Balaban J connectivity index is 2.83. The van der Waals surface area contributed by atoms with Crippen molar-refractivity contribution in [3.63, 3.8) is 0 Å². The van der Waals surface area contributed by atoms with Crippen molar-refractivity contribution in [2.24, 2.45) is 0 Å². The summed E-state index contributed by atoms with van der Waals surface area (Å²) in [6, 6.07) is 8.07. The normalized spacial score (nSPS) is 12.1. The summed E-state index contributed by atoms with van der Waals surface area (Å²) in [6.45, 7) is 5.88. The van der Waals surface area contributed by atoms with Crippen molar-refractivity contribution >= 4 is 6.21 Å². The molecule has 0 bridgehead atoms. The van der Waals surface area contributed by atoms with Crippen molar-refractivity contribution in [3.05, 3.63) is 40.6 Å². The zero-order valence-electron chi connectivity index (χ0n) is 9.03. The van der Waals surface area contributed by atoms with Gasteiger partial charge in [0, 0.05) is 5.56 Å². The maximum atomic E-state index is 11.3. The van der Waals surface area contributed by atoms with Gasteiger partial charge in [0.15, 0.2) is 12.3 Å². The predicted octanol–water partition coefficient (Wildman–Crippen LogP) is 2.59. The average molecular weight is 191 g/mol. The van der Waals surface area contributed by atoms with Crippen LogP contribution < -0.4 is 0 Å². The van der Waals surface area contributed by atoms with E-state index in [1.54, 1.807) is 6.21 Å². The number of nitrogens with zero attached hydrogens (tertiary/aromatic N) is 1. The minimum absolute atomic E-state index is 0.000789. The number of hydroxylamine groups is 1. The molecule has 0 atom stereocenters. The molecule has 0 aliphatic carbocycles.